The van der Waals surface area contributed by atoms with E-state index in [0.29, 0.717) is 5.02 Å². The average molecular weight is 193 g/mol. The van der Waals surface area contributed by atoms with Crippen molar-refractivity contribution in [3.05, 3.63) is 21.9 Å². The minimum atomic E-state index is 0.583. The molecule has 42 valence electrons. The number of hydrogen-bond acceptors (Lipinski definition) is 2. The number of aromatic nitrogens is 2. The molecule has 0 atom stereocenters. The summed E-state index contributed by atoms with van der Waals surface area (Å²) in [5.74, 6) is 0. The van der Waals surface area contributed by atoms with E-state index in [-0.39, 0.29) is 0 Å². The van der Waals surface area contributed by atoms with E-state index in [0.717, 1.165) is 4.47 Å². The third-order valence-electron chi connectivity index (χ3n) is 0.637. The van der Waals surface area contributed by atoms with Gasteiger partial charge in [0.25, 0.3) is 0 Å². The lowest BCUT2D eigenvalue weighted by Crippen LogP contribution is -1.77. The normalized spacial score (nSPS) is 9.25. The van der Waals surface area contributed by atoms with Crippen molar-refractivity contribution >= 4 is 27.5 Å². The van der Waals surface area contributed by atoms with Gasteiger partial charge in [0.1, 0.15) is 0 Å². The van der Waals surface area contributed by atoms with E-state index in [1.165, 1.54) is 6.20 Å². The van der Waals surface area contributed by atoms with Crippen LogP contribution in [0.25, 0.3) is 0 Å². The predicted octanol–water partition coefficient (Wildman–Crippen LogP) is 1.89. The Balaban J connectivity index is 3.13. The summed E-state index contributed by atoms with van der Waals surface area (Å²) < 4.78 is 0.772. The Labute approximate surface area is 60.0 Å². The summed E-state index contributed by atoms with van der Waals surface area (Å²) in [5, 5.41) is 7.68. The highest BCUT2D eigenvalue weighted by atomic mass is 79.9. The van der Waals surface area contributed by atoms with Crippen LogP contribution in [0, 0.1) is 0 Å². The predicted molar refractivity (Wildman–Crippen MR) is 34.7 cm³/mol. The standard InChI is InChI=1S/C4H2BrClN2/c5-3-1-7-8-2-4(3)6/h1-2H. The van der Waals surface area contributed by atoms with E-state index in [2.05, 4.69) is 26.1 Å². The summed E-state index contributed by atoms with van der Waals surface area (Å²) in [4.78, 5) is 0. The zero-order chi connectivity index (χ0) is 5.98. The fraction of sp³-hybridized carbons (Fsp3) is 0. The molecular weight excluding hydrogens is 191 g/mol. The zero-order valence-electron chi connectivity index (χ0n) is 3.81. The van der Waals surface area contributed by atoms with Crippen molar-refractivity contribution in [3.8, 4) is 0 Å². The van der Waals surface area contributed by atoms with Crippen LogP contribution in [0.2, 0.25) is 5.02 Å². The van der Waals surface area contributed by atoms with E-state index in [1.807, 2.05) is 0 Å². The molecule has 4 heteroatoms. The van der Waals surface area contributed by atoms with Crippen molar-refractivity contribution < 1.29 is 0 Å². The van der Waals surface area contributed by atoms with Crippen molar-refractivity contribution in [2.75, 3.05) is 0 Å². The number of hydrogen-bond donors (Lipinski definition) is 0. The monoisotopic (exact) mass is 192 g/mol. The van der Waals surface area contributed by atoms with Crippen molar-refractivity contribution in [2.45, 2.75) is 0 Å². The summed E-state index contributed by atoms with van der Waals surface area (Å²) in [6.45, 7) is 0. The molecule has 0 N–H and O–H groups in total. The van der Waals surface area contributed by atoms with Gasteiger partial charge in [-0.25, -0.2) is 0 Å². The Morgan fingerprint density at radius 3 is 2.38 bits per heavy atom. The highest BCUT2D eigenvalue weighted by molar-refractivity contribution is 9.10. The molecule has 0 radical (unpaired) electrons. The second-order valence-corrected chi connectivity index (χ2v) is 2.45. The topological polar surface area (TPSA) is 25.8 Å². The Hall–Kier alpha value is -0.150. The van der Waals surface area contributed by atoms with Crippen molar-refractivity contribution in [1.29, 1.82) is 0 Å². The maximum atomic E-state index is 5.56. The molecule has 0 aliphatic carbocycles. The van der Waals surface area contributed by atoms with Gasteiger partial charge in [0, 0.05) is 0 Å². The summed E-state index contributed by atoms with van der Waals surface area (Å²) in [6, 6.07) is 0. The van der Waals surface area contributed by atoms with Gasteiger partial charge >= 0.3 is 0 Å². The summed E-state index contributed by atoms with van der Waals surface area (Å²) in [7, 11) is 0. The second kappa shape index (κ2) is 2.42. The lowest BCUT2D eigenvalue weighted by atomic mass is 10.6. The molecule has 0 amide bonds. The van der Waals surface area contributed by atoms with E-state index in [4.69, 9.17) is 11.6 Å². The Morgan fingerprint density at radius 2 is 2.00 bits per heavy atom. The maximum Gasteiger partial charge on any atom is 0.0765 e. The first-order valence-corrected chi connectivity index (χ1v) is 3.09. The highest BCUT2D eigenvalue weighted by Crippen LogP contribution is 2.17. The smallest absolute Gasteiger partial charge is 0.0765 e. The molecule has 0 saturated heterocycles. The van der Waals surface area contributed by atoms with Crippen LogP contribution in [-0.2, 0) is 0 Å². The molecule has 0 bridgehead atoms. The van der Waals surface area contributed by atoms with Crippen LogP contribution in [0.3, 0.4) is 0 Å². The van der Waals surface area contributed by atoms with Crippen LogP contribution >= 0.6 is 27.5 Å². The SMILES string of the molecule is Clc1cnncc1Br. The van der Waals surface area contributed by atoms with Crippen molar-refractivity contribution in [2.24, 2.45) is 0 Å². The van der Waals surface area contributed by atoms with Gasteiger partial charge in [0.15, 0.2) is 0 Å². The summed E-state index contributed by atoms with van der Waals surface area (Å²) in [6.07, 6.45) is 3.02. The number of nitrogens with zero attached hydrogens (tertiary/aromatic N) is 2. The molecule has 1 rings (SSSR count). The van der Waals surface area contributed by atoms with Crippen LogP contribution in [0.15, 0.2) is 16.9 Å². The molecule has 0 unspecified atom stereocenters. The third-order valence-corrected chi connectivity index (χ3v) is 1.80. The first kappa shape index (κ1) is 5.98. The largest absolute Gasteiger partial charge is 0.158 e. The molecule has 0 fully saturated rings. The quantitative estimate of drug-likeness (QED) is 0.629. The van der Waals surface area contributed by atoms with Crippen LogP contribution in [-0.4, -0.2) is 10.2 Å². The van der Waals surface area contributed by atoms with Gasteiger partial charge in [-0.05, 0) is 15.9 Å². The molecule has 1 aromatic heterocycles. The van der Waals surface area contributed by atoms with Gasteiger partial charge in [-0.1, -0.05) is 11.6 Å². The van der Waals surface area contributed by atoms with Crippen molar-refractivity contribution in [3.63, 3.8) is 0 Å². The van der Waals surface area contributed by atoms with Crippen molar-refractivity contribution in [1.82, 2.24) is 10.2 Å². The minimum Gasteiger partial charge on any atom is -0.158 e. The maximum absolute atomic E-state index is 5.56. The molecule has 0 saturated carbocycles. The van der Waals surface area contributed by atoms with Gasteiger partial charge in [-0.15, -0.1) is 0 Å². The van der Waals surface area contributed by atoms with Crippen LogP contribution in [0.5, 0.6) is 0 Å². The average Bonchev–Trinajstić information content (AvgIpc) is 1.77. The lowest BCUT2D eigenvalue weighted by molar-refractivity contribution is 1.02. The summed E-state index contributed by atoms with van der Waals surface area (Å²) >= 11 is 8.72. The molecule has 0 spiro atoms. The second-order valence-electron chi connectivity index (χ2n) is 1.19. The van der Waals surface area contributed by atoms with Gasteiger partial charge in [0.05, 0.1) is 21.9 Å². The fourth-order valence-electron chi connectivity index (χ4n) is 0.291. The highest BCUT2D eigenvalue weighted by Gasteiger charge is 1.91. The molecule has 0 aliphatic rings. The number of halogens is 2. The summed E-state index contributed by atoms with van der Waals surface area (Å²) in [5.41, 5.74) is 0. The van der Waals surface area contributed by atoms with Crippen LogP contribution < -0.4 is 0 Å². The van der Waals surface area contributed by atoms with Gasteiger partial charge < -0.3 is 0 Å². The van der Waals surface area contributed by atoms with E-state index in [1.54, 1.807) is 6.20 Å². The van der Waals surface area contributed by atoms with Gasteiger partial charge in [0.2, 0.25) is 0 Å². The number of rotatable bonds is 0. The van der Waals surface area contributed by atoms with E-state index >= 15 is 0 Å². The molecule has 0 aliphatic heterocycles. The fourth-order valence-corrected chi connectivity index (χ4v) is 0.578. The van der Waals surface area contributed by atoms with Gasteiger partial charge in [-0.2, -0.15) is 10.2 Å². The van der Waals surface area contributed by atoms with E-state index < -0.39 is 0 Å². The molecule has 2 nitrogen and oxygen atoms in total. The minimum absolute atomic E-state index is 0.583. The first-order chi connectivity index (χ1) is 3.80. The third kappa shape index (κ3) is 1.17. The van der Waals surface area contributed by atoms with E-state index in [9.17, 15) is 0 Å². The molecule has 1 heterocycles. The zero-order valence-corrected chi connectivity index (χ0v) is 6.15. The Morgan fingerprint density at radius 1 is 1.38 bits per heavy atom. The molecular formula is C4H2BrClN2. The van der Waals surface area contributed by atoms with Crippen LogP contribution in [0.4, 0.5) is 0 Å². The lowest BCUT2D eigenvalue weighted by Gasteiger charge is -1.87. The Bertz CT molecular complexity index is 170. The first-order valence-electron chi connectivity index (χ1n) is 1.92. The Kier molecular flexibility index (Phi) is 1.81. The molecule has 0 aromatic carbocycles. The van der Waals surface area contributed by atoms with Crippen LogP contribution in [0.1, 0.15) is 0 Å². The molecule has 1 aromatic rings. The molecule has 8 heavy (non-hydrogen) atoms. The van der Waals surface area contributed by atoms with Gasteiger partial charge in [-0.3, -0.25) is 0 Å².